The van der Waals surface area contributed by atoms with Gasteiger partial charge in [0.25, 0.3) is 0 Å². The summed E-state index contributed by atoms with van der Waals surface area (Å²) in [4.78, 5) is 11.2. The van der Waals surface area contributed by atoms with Crippen LogP contribution in [0.4, 0.5) is 0 Å². The second kappa shape index (κ2) is 5.21. The van der Waals surface area contributed by atoms with Gasteiger partial charge < -0.3 is 15.3 Å². The van der Waals surface area contributed by atoms with Gasteiger partial charge in [-0.25, -0.2) is 4.57 Å². The minimum Gasteiger partial charge on any atom is -0.356 e. The molecule has 62 valence electrons. The summed E-state index contributed by atoms with van der Waals surface area (Å²) in [7, 11) is 0. The van der Waals surface area contributed by atoms with E-state index in [0.717, 1.165) is 6.54 Å². The number of rotatable bonds is 1. The van der Waals surface area contributed by atoms with Gasteiger partial charge in [-0.05, 0) is 6.92 Å². The lowest BCUT2D eigenvalue weighted by atomic mass is 10.7. The maximum Gasteiger partial charge on any atom is 0.241 e. The molecule has 11 heavy (non-hydrogen) atoms. The monoisotopic (exact) mass is 159 g/mol. The molecule has 0 radical (unpaired) electrons. The Bertz CT molecular complexity index is 193. The summed E-state index contributed by atoms with van der Waals surface area (Å²) < 4.78 is 2.07. The third-order valence-corrected chi connectivity index (χ3v) is 0.968. The van der Waals surface area contributed by atoms with Gasteiger partial charge in [0.05, 0.1) is 11.6 Å². The number of nitrogens with one attached hydrogen (secondary N) is 1. The van der Waals surface area contributed by atoms with E-state index in [1.165, 1.54) is 0 Å². The molecule has 1 rings (SSSR count). The van der Waals surface area contributed by atoms with Gasteiger partial charge in [0.2, 0.25) is 6.33 Å². The van der Waals surface area contributed by atoms with E-state index >= 15 is 0 Å². The van der Waals surface area contributed by atoms with Gasteiger partial charge in [-0.2, -0.15) is 0 Å². The van der Waals surface area contributed by atoms with Gasteiger partial charge in [0, 0.05) is 0 Å². The number of aryl methyl sites for hydroxylation is 1. The molecule has 1 heterocycles. The normalized spacial score (nSPS) is 8.09. The Balaban J connectivity index is 0.000000218. The Kier molecular flexibility index (Phi) is 4.46. The predicted molar refractivity (Wildman–Crippen MR) is 37.0 cm³/mol. The lowest BCUT2D eigenvalue weighted by Gasteiger charge is -1.79. The molecule has 1 aromatic rings. The molecule has 0 aliphatic carbocycles. The van der Waals surface area contributed by atoms with Crippen LogP contribution in [0.5, 0.6) is 0 Å². The van der Waals surface area contributed by atoms with Crippen LogP contribution in [-0.4, -0.2) is 10.1 Å². The van der Waals surface area contributed by atoms with Crippen molar-refractivity contribution < 1.29 is 9.65 Å². The molecule has 0 amide bonds. The van der Waals surface area contributed by atoms with Crippen molar-refractivity contribution >= 4 is 0 Å². The molecule has 0 saturated carbocycles. The molecule has 1 N–H and O–H groups in total. The summed E-state index contributed by atoms with van der Waals surface area (Å²) in [5, 5.41) is 14.8. The summed E-state index contributed by atoms with van der Waals surface area (Å²) >= 11 is 0. The molecule has 0 saturated heterocycles. The van der Waals surface area contributed by atoms with Gasteiger partial charge in [0.15, 0.2) is 0 Å². The average molecular weight is 159 g/mol. The highest BCUT2D eigenvalue weighted by atomic mass is 16.9. The van der Waals surface area contributed by atoms with Crippen LogP contribution in [-0.2, 0) is 6.54 Å². The number of H-pyrrole nitrogens is 1. The Labute approximate surface area is 63.2 Å². The SMILES string of the molecule is CC[n+]1cc[nH]c1.O=[N+]([O-])[O-]. The number of hydrogen-bond donors (Lipinski definition) is 1. The minimum atomic E-state index is -1.75. The fourth-order valence-corrected chi connectivity index (χ4v) is 0.517. The molecule has 0 atom stereocenters. The van der Waals surface area contributed by atoms with E-state index in [2.05, 4.69) is 16.5 Å². The first kappa shape index (κ1) is 9.41. The maximum absolute atomic E-state index is 8.25. The van der Waals surface area contributed by atoms with Crippen molar-refractivity contribution in [3.05, 3.63) is 34.0 Å². The first-order valence-electron chi connectivity index (χ1n) is 3.00. The fourth-order valence-electron chi connectivity index (χ4n) is 0.517. The highest BCUT2D eigenvalue weighted by Crippen LogP contribution is 1.65. The van der Waals surface area contributed by atoms with Gasteiger partial charge in [-0.1, -0.05) is 0 Å². The van der Waals surface area contributed by atoms with E-state index in [0.29, 0.717) is 0 Å². The number of nitrogens with zero attached hydrogens (tertiary/aromatic N) is 2. The number of aromatic nitrogens is 2. The Hall–Kier alpha value is -1.59. The minimum absolute atomic E-state index is 1.05. The van der Waals surface area contributed by atoms with Gasteiger partial charge in [-0.15, -0.1) is 0 Å². The molecular formula is C5H9N3O3. The highest BCUT2D eigenvalue weighted by molar-refractivity contribution is 4.54. The molecule has 0 bridgehead atoms. The van der Waals surface area contributed by atoms with Crippen LogP contribution in [0, 0.1) is 15.3 Å². The number of aromatic amines is 1. The summed E-state index contributed by atoms with van der Waals surface area (Å²) in [6.07, 6.45) is 5.84. The van der Waals surface area contributed by atoms with Crippen LogP contribution >= 0.6 is 0 Å². The van der Waals surface area contributed by atoms with Crippen LogP contribution in [0.3, 0.4) is 0 Å². The number of imidazole rings is 1. The predicted octanol–water partition coefficient (Wildman–Crippen LogP) is 0.0830. The van der Waals surface area contributed by atoms with Gasteiger partial charge >= 0.3 is 0 Å². The Morgan fingerprint density at radius 2 is 2.18 bits per heavy atom. The smallest absolute Gasteiger partial charge is 0.241 e. The molecule has 0 aromatic carbocycles. The summed E-state index contributed by atoms with van der Waals surface area (Å²) in [5.74, 6) is 0. The lowest BCUT2D eigenvalue weighted by molar-refractivity contribution is -0.692. The lowest BCUT2D eigenvalue weighted by Crippen LogP contribution is -2.27. The molecule has 0 aliphatic rings. The molecule has 0 spiro atoms. The molecule has 6 heteroatoms. The molecule has 0 aliphatic heterocycles. The summed E-state index contributed by atoms with van der Waals surface area (Å²) in [6.45, 7) is 3.15. The van der Waals surface area contributed by atoms with Crippen molar-refractivity contribution in [2.45, 2.75) is 13.5 Å². The van der Waals surface area contributed by atoms with E-state index in [4.69, 9.17) is 15.3 Å². The van der Waals surface area contributed by atoms with E-state index < -0.39 is 5.09 Å². The number of hydrogen-bond acceptors (Lipinski definition) is 3. The summed E-state index contributed by atoms with van der Waals surface area (Å²) in [6, 6.07) is 0. The second-order valence-corrected chi connectivity index (χ2v) is 1.67. The highest BCUT2D eigenvalue weighted by Gasteiger charge is 1.85. The topological polar surface area (TPSA) is 85.9 Å². The van der Waals surface area contributed by atoms with E-state index in [9.17, 15) is 0 Å². The molecule has 1 aromatic heterocycles. The fraction of sp³-hybridized carbons (Fsp3) is 0.400. The van der Waals surface area contributed by atoms with Crippen molar-refractivity contribution in [3.63, 3.8) is 0 Å². The second-order valence-electron chi connectivity index (χ2n) is 1.67. The van der Waals surface area contributed by atoms with Gasteiger partial charge in [-0.3, -0.25) is 4.98 Å². The third-order valence-electron chi connectivity index (χ3n) is 0.968. The maximum atomic E-state index is 8.25. The quantitative estimate of drug-likeness (QED) is 0.357. The average Bonchev–Trinajstić information content (AvgIpc) is 2.36. The molecular weight excluding hydrogens is 150 g/mol. The van der Waals surface area contributed by atoms with Crippen LogP contribution < -0.4 is 4.57 Å². The van der Waals surface area contributed by atoms with Crippen molar-refractivity contribution in [2.75, 3.05) is 0 Å². The van der Waals surface area contributed by atoms with Crippen LogP contribution in [0.25, 0.3) is 0 Å². The molecule has 0 fully saturated rings. The van der Waals surface area contributed by atoms with Crippen molar-refractivity contribution in [1.82, 2.24) is 4.98 Å². The van der Waals surface area contributed by atoms with E-state index in [-0.39, 0.29) is 0 Å². The molecule has 6 nitrogen and oxygen atoms in total. The van der Waals surface area contributed by atoms with Crippen LogP contribution in [0.2, 0.25) is 0 Å². The van der Waals surface area contributed by atoms with Crippen molar-refractivity contribution in [3.8, 4) is 0 Å². The zero-order valence-corrected chi connectivity index (χ0v) is 6.06. The third kappa shape index (κ3) is 6.29. The first-order chi connectivity index (χ1) is 5.16. The van der Waals surface area contributed by atoms with E-state index in [1.807, 2.05) is 18.7 Å². The Morgan fingerprint density at radius 1 is 1.64 bits per heavy atom. The summed E-state index contributed by atoms with van der Waals surface area (Å²) in [5.41, 5.74) is 0. The van der Waals surface area contributed by atoms with E-state index in [1.54, 1.807) is 0 Å². The first-order valence-corrected chi connectivity index (χ1v) is 3.00. The Morgan fingerprint density at radius 3 is 2.36 bits per heavy atom. The zero-order chi connectivity index (χ0) is 8.69. The zero-order valence-electron chi connectivity index (χ0n) is 6.06. The van der Waals surface area contributed by atoms with Gasteiger partial charge in [0.1, 0.15) is 12.4 Å². The standard InChI is InChI=1S/C5H8N2.NO3/c1-2-7-4-3-6-5-7;2-1(3)4/h3-5H,2H2,1H3;/q;-1/p+1. The largest absolute Gasteiger partial charge is 0.356 e. The molecule has 0 unspecified atom stereocenters. The van der Waals surface area contributed by atoms with Crippen LogP contribution in [0.15, 0.2) is 18.7 Å². The van der Waals surface area contributed by atoms with Crippen molar-refractivity contribution in [2.24, 2.45) is 0 Å². The van der Waals surface area contributed by atoms with Crippen LogP contribution in [0.1, 0.15) is 6.92 Å². The van der Waals surface area contributed by atoms with Crippen molar-refractivity contribution in [1.29, 1.82) is 0 Å².